The number of para-hydroxylation sites is 1. The van der Waals surface area contributed by atoms with Crippen LogP contribution >= 0.6 is 11.6 Å². The van der Waals surface area contributed by atoms with Crippen molar-refractivity contribution in [1.29, 1.82) is 0 Å². The summed E-state index contributed by atoms with van der Waals surface area (Å²) in [6, 6.07) is 15.7. The molecule has 0 aliphatic rings. The van der Waals surface area contributed by atoms with E-state index in [1.807, 2.05) is 6.07 Å². The van der Waals surface area contributed by atoms with Crippen molar-refractivity contribution in [2.75, 3.05) is 5.43 Å². The normalized spacial score (nSPS) is 11.1. The van der Waals surface area contributed by atoms with E-state index in [0.717, 1.165) is 0 Å². The fourth-order valence-electron chi connectivity index (χ4n) is 1.50. The van der Waals surface area contributed by atoms with Crippen LogP contribution in [0.1, 0.15) is 5.56 Å². The van der Waals surface area contributed by atoms with Crippen LogP contribution in [0.3, 0.4) is 0 Å². The summed E-state index contributed by atoms with van der Waals surface area (Å²) in [7, 11) is 0. The van der Waals surface area contributed by atoms with Crippen LogP contribution in [0.2, 0.25) is 5.02 Å². The number of aliphatic carboxylic acids is 1. The maximum Gasteiger partial charge on any atom is 0.356 e. The van der Waals surface area contributed by atoms with Crippen molar-refractivity contribution in [3.8, 4) is 0 Å². The first-order valence-electron chi connectivity index (χ1n) is 5.55. The minimum absolute atomic E-state index is 0.0690. The summed E-state index contributed by atoms with van der Waals surface area (Å²) in [5.41, 5.74) is 3.68. The molecular weight excluding hydrogens is 264 g/mol. The van der Waals surface area contributed by atoms with Crippen LogP contribution < -0.4 is 5.43 Å². The lowest BCUT2D eigenvalue weighted by molar-refractivity contribution is -0.129. The van der Waals surface area contributed by atoms with E-state index in [4.69, 9.17) is 11.6 Å². The molecule has 0 heterocycles. The number of anilines is 1. The third kappa shape index (κ3) is 3.33. The Balaban J connectivity index is 2.29. The van der Waals surface area contributed by atoms with Crippen LogP contribution in [0.25, 0.3) is 0 Å². The van der Waals surface area contributed by atoms with Gasteiger partial charge in [-0.2, -0.15) is 5.10 Å². The number of hydrogen-bond acceptors (Lipinski definition) is 3. The van der Waals surface area contributed by atoms with Gasteiger partial charge in [0.1, 0.15) is 0 Å². The monoisotopic (exact) mass is 274 g/mol. The Bertz CT molecular complexity index is 612. The summed E-state index contributed by atoms with van der Waals surface area (Å²) >= 11 is 5.95. The van der Waals surface area contributed by atoms with Crippen LogP contribution in [0.15, 0.2) is 59.7 Å². The van der Waals surface area contributed by atoms with Gasteiger partial charge in [0.2, 0.25) is 0 Å². The van der Waals surface area contributed by atoms with Gasteiger partial charge in [0, 0.05) is 5.56 Å². The second-order valence-electron chi connectivity index (χ2n) is 3.72. The van der Waals surface area contributed by atoms with Crippen LogP contribution in [0, 0.1) is 0 Å². The zero-order valence-electron chi connectivity index (χ0n) is 9.88. The first kappa shape index (κ1) is 13.1. The van der Waals surface area contributed by atoms with Gasteiger partial charge in [-0.3, -0.25) is 5.43 Å². The Morgan fingerprint density at radius 1 is 1.05 bits per heavy atom. The fraction of sp³-hybridized carbons (Fsp3) is 0. The SMILES string of the molecule is O=C(O)/C(=N/Nc1ccccc1Cl)c1ccccc1. The molecule has 2 aromatic rings. The molecule has 2 aromatic carbocycles. The van der Waals surface area contributed by atoms with Crippen molar-refractivity contribution in [2.45, 2.75) is 0 Å². The van der Waals surface area contributed by atoms with E-state index < -0.39 is 5.97 Å². The van der Waals surface area contributed by atoms with Gasteiger partial charge in [0.25, 0.3) is 0 Å². The average molecular weight is 275 g/mol. The Kier molecular flexibility index (Phi) is 4.15. The van der Waals surface area contributed by atoms with Gasteiger partial charge in [-0.25, -0.2) is 4.79 Å². The number of carbonyl (C=O) groups is 1. The molecule has 4 nitrogen and oxygen atoms in total. The number of nitrogens with one attached hydrogen (secondary N) is 1. The van der Waals surface area contributed by atoms with Crippen LogP contribution in [0.5, 0.6) is 0 Å². The van der Waals surface area contributed by atoms with Crippen molar-refractivity contribution in [3.05, 3.63) is 65.2 Å². The molecule has 96 valence electrons. The molecule has 0 radical (unpaired) electrons. The Morgan fingerprint density at radius 3 is 2.32 bits per heavy atom. The molecule has 0 unspecified atom stereocenters. The summed E-state index contributed by atoms with van der Waals surface area (Å²) in [6.07, 6.45) is 0. The molecule has 0 amide bonds. The summed E-state index contributed by atoms with van der Waals surface area (Å²) in [6.45, 7) is 0. The van der Waals surface area contributed by atoms with Crippen LogP contribution in [-0.2, 0) is 4.79 Å². The topological polar surface area (TPSA) is 61.7 Å². The first-order valence-corrected chi connectivity index (χ1v) is 5.93. The standard InChI is InChI=1S/C14H11ClN2O2/c15-11-8-4-5-9-12(11)16-17-13(14(18)19)10-6-2-1-3-7-10/h1-9,16H,(H,18,19)/b17-13+. The zero-order valence-corrected chi connectivity index (χ0v) is 10.6. The zero-order chi connectivity index (χ0) is 13.7. The van der Waals surface area contributed by atoms with E-state index in [1.54, 1.807) is 48.5 Å². The number of rotatable bonds is 4. The lowest BCUT2D eigenvalue weighted by Gasteiger charge is -2.05. The predicted octanol–water partition coefficient (Wildman–Crippen LogP) is 3.24. The minimum atomic E-state index is -1.11. The molecule has 0 saturated heterocycles. The molecular formula is C14H11ClN2O2. The van der Waals surface area contributed by atoms with E-state index in [2.05, 4.69) is 10.5 Å². The second-order valence-corrected chi connectivity index (χ2v) is 4.13. The van der Waals surface area contributed by atoms with E-state index in [1.165, 1.54) is 0 Å². The molecule has 2 rings (SSSR count). The highest BCUT2D eigenvalue weighted by Gasteiger charge is 2.12. The average Bonchev–Trinajstić information content (AvgIpc) is 2.42. The number of hydrogen-bond donors (Lipinski definition) is 2. The molecule has 0 spiro atoms. The van der Waals surface area contributed by atoms with Gasteiger partial charge >= 0.3 is 5.97 Å². The highest BCUT2D eigenvalue weighted by molar-refractivity contribution is 6.42. The summed E-state index contributed by atoms with van der Waals surface area (Å²) in [5.74, 6) is -1.11. The number of carboxylic acids is 1. The summed E-state index contributed by atoms with van der Waals surface area (Å²) in [4.78, 5) is 11.2. The quantitative estimate of drug-likeness (QED) is 0.665. The van der Waals surface area contributed by atoms with Crippen molar-refractivity contribution in [3.63, 3.8) is 0 Å². The van der Waals surface area contributed by atoms with Crippen molar-refractivity contribution in [1.82, 2.24) is 0 Å². The van der Waals surface area contributed by atoms with Gasteiger partial charge < -0.3 is 5.11 Å². The minimum Gasteiger partial charge on any atom is -0.476 e. The number of nitrogens with zero attached hydrogens (tertiary/aromatic N) is 1. The molecule has 0 fully saturated rings. The van der Waals surface area contributed by atoms with Gasteiger partial charge in [-0.15, -0.1) is 0 Å². The molecule has 0 aliphatic carbocycles. The second kappa shape index (κ2) is 6.02. The summed E-state index contributed by atoms with van der Waals surface area (Å²) < 4.78 is 0. The van der Waals surface area contributed by atoms with Crippen molar-refractivity contribution >= 4 is 29.0 Å². The number of hydrazone groups is 1. The Labute approximate surface area is 115 Å². The van der Waals surface area contributed by atoms with Crippen LogP contribution in [-0.4, -0.2) is 16.8 Å². The highest BCUT2D eigenvalue weighted by Crippen LogP contribution is 2.20. The Morgan fingerprint density at radius 2 is 1.68 bits per heavy atom. The predicted molar refractivity (Wildman–Crippen MR) is 75.7 cm³/mol. The fourth-order valence-corrected chi connectivity index (χ4v) is 1.68. The third-order valence-electron chi connectivity index (χ3n) is 2.41. The smallest absolute Gasteiger partial charge is 0.356 e. The van der Waals surface area contributed by atoms with Crippen molar-refractivity contribution < 1.29 is 9.90 Å². The van der Waals surface area contributed by atoms with E-state index in [0.29, 0.717) is 16.3 Å². The molecule has 0 aliphatic heterocycles. The molecule has 0 bridgehead atoms. The maximum atomic E-state index is 11.2. The number of carboxylic acid groups (broad SMARTS) is 1. The van der Waals surface area contributed by atoms with E-state index in [-0.39, 0.29) is 5.71 Å². The molecule has 2 N–H and O–H groups in total. The van der Waals surface area contributed by atoms with E-state index in [9.17, 15) is 9.90 Å². The van der Waals surface area contributed by atoms with Gasteiger partial charge in [-0.1, -0.05) is 54.1 Å². The number of halogens is 1. The molecule has 5 heteroatoms. The highest BCUT2D eigenvalue weighted by atomic mass is 35.5. The largest absolute Gasteiger partial charge is 0.476 e. The first-order chi connectivity index (χ1) is 9.18. The van der Waals surface area contributed by atoms with Gasteiger partial charge in [-0.05, 0) is 12.1 Å². The summed E-state index contributed by atoms with van der Waals surface area (Å²) in [5, 5.41) is 13.6. The maximum absolute atomic E-state index is 11.2. The molecule has 0 saturated carbocycles. The van der Waals surface area contributed by atoms with Gasteiger partial charge in [0.15, 0.2) is 5.71 Å². The Hall–Kier alpha value is -2.33. The molecule has 0 atom stereocenters. The van der Waals surface area contributed by atoms with Gasteiger partial charge in [0.05, 0.1) is 10.7 Å². The lowest BCUT2D eigenvalue weighted by atomic mass is 10.1. The van der Waals surface area contributed by atoms with Crippen LogP contribution in [0.4, 0.5) is 5.69 Å². The molecule has 19 heavy (non-hydrogen) atoms. The third-order valence-corrected chi connectivity index (χ3v) is 2.74. The molecule has 0 aromatic heterocycles. The van der Waals surface area contributed by atoms with E-state index >= 15 is 0 Å². The number of benzene rings is 2. The van der Waals surface area contributed by atoms with Crippen molar-refractivity contribution in [2.24, 2.45) is 5.10 Å². The lowest BCUT2D eigenvalue weighted by Crippen LogP contribution is -2.16.